The Kier molecular flexibility index (Phi) is 6.50. The SMILES string of the molecule is CC(C)C(c1ccccc1)N(C)C(=O)C1CCNC1.Cl. The molecule has 1 aromatic carbocycles. The number of halogens is 1. The standard InChI is InChI=1S/C16H24N2O.ClH/c1-12(2)15(13-7-5-4-6-8-13)18(3)16(19)14-9-10-17-11-14;/h4-8,12,14-15,17H,9-11H2,1-3H3;1H. The van der Waals surface area contributed by atoms with Crippen LogP contribution in [-0.2, 0) is 4.79 Å². The number of nitrogens with one attached hydrogen (secondary N) is 1. The summed E-state index contributed by atoms with van der Waals surface area (Å²) in [6.07, 6.45) is 0.961. The van der Waals surface area contributed by atoms with Crippen LogP contribution < -0.4 is 5.32 Å². The van der Waals surface area contributed by atoms with Gasteiger partial charge < -0.3 is 10.2 Å². The molecule has 1 heterocycles. The third-order valence-electron chi connectivity index (χ3n) is 3.95. The van der Waals surface area contributed by atoms with E-state index in [9.17, 15) is 4.79 Å². The Labute approximate surface area is 128 Å². The third kappa shape index (κ3) is 3.74. The van der Waals surface area contributed by atoms with E-state index < -0.39 is 0 Å². The van der Waals surface area contributed by atoms with Crippen molar-refractivity contribution in [2.45, 2.75) is 26.3 Å². The van der Waals surface area contributed by atoms with Crippen molar-refractivity contribution in [1.82, 2.24) is 10.2 Å². The second-order valence-corrected chi connectivity index (χ2v) is 5.74. The van der Waals surface area contributed by atoms with Crippen LogP contribution in [0.3, 0.4) is 0 Å². The maximum absolute atomic E-state index is 12.6. The van der Waals surface area contributed by atoms with E-state index in [1.807, 2.05) is 30.1 Å². The van der Waals surface area contributed by atoms with Crippen molar-refractivity contribution >= 4 is 18.3 Å². The Bertz CT molecular complexity index is 416. The number of amides is 1. The molecule has 1 N–H and O–H groups in total. The number of hydrogen-bond donors (Lipinski definition) is 1. The lowest BCUT2D eigenvalue weighted by Crippen LogP contribution is -2.38. The Morgan fingerprint density at radius 1 is 1.30 bits per heavy atom. The van der Waals surface area contributed by atoms with Crippen LogP contribution in [0.25, 0.3) is 0 Å². The molecule has 112 valence electrons. The summed E-state index contributed by atoms with van der Waals surface area (Å²) in [4.78, 5) is 14.5. The number of carbonyl (C=O) groups is 1. The topological polar surface area (TPSA) is 32.3 Å². The molecule has 1 fully saturated rings. The van der Waals surface area contributed by atoms with Gasteiger partial charge >= 0.3 is 0 Å². The molecule has 1 aromatic rings. The van der Waals surface area contributed by atoms with Crippen LogP contribution in [0.2, 0.25) is 0 Å². The molecule has 1 aliphatic rings. The van der Waals surface area contributed by atoms with E-state index in [2.05, 4.69) is 31.3 Å². The van der Waals surface area contributed by atoms with Crippen LogP contribution in [0.4, 0.5) is 0 Å². The van der Waals surface area contributed by atoms with E-state index in [1.165, 1.54) is 5.56 Å². The summed E-state index contributed by atoms with van der Waals surface area (Å²) in [6, 6.07) is 10.5. The zero-order valence-electron chi connectivity index (χ0n) is 12.5. The fourth-order valence-corrected chi connectivity index (χ4v) is 3.00. The van der Waals surface area contributed by atoms with Crippen molar-refractivity contribution in [3.05, 3.63) is 35.9 Å². The van der Waals surface area contributed by atoms with Crippen LogP contribution in [0, 0.1) is 11.8 Å². The Hall–Kier alpha value is -1.06. The smallest absolute Gasteiger partial charge is 0.227 e. The van der Waals surface area contributed by atoms with E-state index in [1.54, 1.807) is 0 Å². The van der Waals surface area contributed by atoms with Gasteiger partial charge in [0.2, 0.25) is 5.91 Å². The van der Waals surface area contributed by atoms with Gasteiger partial charge in [-0.2, -0.15) is 0 Å². The maximum Gasteiger partial charge on any atom is 0.227 e. The van der Waals surface area contributed by atoms with Gasteiger partial charge in [-0.25, -0.2) is 0 Å². The van der Waals surface area contributed by atoms with Gasteiger partial charge in [0.1, 0.15) is 0 Å². The quantitative estimate of drug-likeness (QED) is 0.926. The van der Waals surface area contributed by atoms with Gasteiger partial charge in [-0.3, -0.25) is 4.79 Å². The second-order valence-electron chi connectivity index (χ2n) is 5.74. The first-order valence-electron chi connectivity index (χ1n) is 7.13. The first-order chi connectivity index (χ1) is 9.11. The Morgan fingerprint density at radius 2 is 1.95 bits per heavy atom. The molecule has 2 unspecified atom stereocenters. The molecule has 0 aliphatic carbocycles. The molecular weight excluding hydrogens is 272 g/mol. The average molecular weight is 297 g/mol. The highest BCUT2D eigenvalue weighted by Crippen LogP contribution is 2.29. The van der Waals surface area contributed by atoms with Crippen LogP contribution in [0.15, 0.2) is 30.3 Å². The normalized spacial score (nSPS) is 19.5. The molecule has 0 saturated carbocycles. The fourth-order valence-electron chi connectivity index (χ4n) is 3.00. The summed E-state index contributed by atoms with van der Waals surface area (Å²) in [6.45, 7) is 6.13. The van der Waals surface area contributed by atoms with Crippen LogP contribution in [-0.4, -0.2) is 30.9 Å². The number of rotatable bonds is 4. The molecular formula is C16H25ClN2O. The number of hydrogen-bond acceptors (Lipinski definition) is 2. The zero-order valence-corrected chi connectivity index (χ0v) is 13.3. The highest BCUT2D eigenvalue weighted by molar-refractivity contribution is 5.85. The van der Waals surface area contributed by atoms with Crippen LogP contribution >= 0.6 is 12.4 Å². The molecule has 0 spiro atoms. The van der Waals surface area contributed by atoms with Gasteiger partial charge in [0, 0.05) is 13.6 Å². The fraction of sp³-hybridized carbons (Fsp3) is 0.562. The minimum atomic E-state index is 0. The molecule has 2 rings (SSSR count). The molecule has 1 saturated heterocycles. The monoisotopic (exact) mass is 296 g/mol. The molecule has 0 radical (unpaired) electrons. The van der Waals surface area contributed by atoms with Crippen molar-refractivity contribution in [3.8, 4) is 0 Å². The summed E-state index contributed by atoms with van der Waals surface area (Å²) >= 11 is 0. The highest BCUT2D eigenvalue weighted by Gasteiger charge is 2.31. The predicted octanol–water partition coefficient (Wildman–Crippen LogP) is 2.87. The summed E-state index contributed by atoms with van der Waals surface area (Å²) < 4.78 is 0. The predicted molar refractivity (Wildman–Crippen MR) is 85.0 cm³/mol. The molecule has 3 nitrogen and oxygen atoms in total. The van der Waals surface area contributed by atoms with E-state index >= 15 is 0 Å². The molecule has 0 aromatic heterocycles. The Balaban J connectivity index is 0.00000200. The molecule has 2 atom stereocenters. The van der Waals surface area contributed by atoms with E-state index in [0.29, 0.717) is 5.92 Å². The maximum atomic E-state index is 12.6. The first-order valence-corrected chi connectivity index (χ1v) is 7.13. The van der Waals surface area contributed by atoms with Crippen LogP contribution in [0.1, 0.15) is 31.9 Å². The van der Waals surface area contributed by atoms with Gasteiger partial charge in [0.25, 0.3) is 0 Å². The first kappa shape index (κ1) is 17.0. The molecule has 1 aliphatic heterocycles. The van der Waals surface area contributed by atoms with Crippen LogP contribution in [0.5, 0.6) is 0 Å². The van der Waals surface area contributed by atoms with Gasteiger partial charge in [-0.05, 0) is 24.4 Å². The minimum Gasteiger partial charge on any atom is -0.338 e. The van der Waals surface area contributed by atoms with Crippen molar-refractivity contribution in [3.63, 3.8) is 0 Å². The molecule has 4 heteroatoms. The number of carbonyl (C=O) groups excluding carboxylic acids is 1. The summed E-state index contributed by atoms with van der Waals surface area (Å²) in [5, 5.41) is 3.27. The van der Waals surface area contributed by atoms with Crippen molar-refractivity contribution in [2.24, 2.45) is 11.8 Å². The minimum absolute atomic E-state index is 0. The van der Waals surface area contributed by atoms with Crippen molar-refractivity contribution in [1.29, 1.82) is 0 Å². The number of nitrogens with zero attached hydrogens (tertiary/aromatic N) is 1. The lowest BCUT2D eigenvalue weighted by atomic mass is 9.93. The lowest BCUT2D eigenvalue weighted by molar-refractivity contribution is -0.136. The van der Waals surface area contributed by atoms with Gasteiger partial charge in [0.15, 0.2) is 0 Å². The van der Waals surface area contributed by atoms with Crippen molar-refractivity contribution < 1.29 is 4.79 Å². The summed E-state index contributed by atoms with van der Waals surface area (Å²) in [5.41, 5.74) is 1.22. The lowest BCUT2D eigenvalue weighted by Gasteiger charge is -2.33. The Morgan fingerprint density at radius 3 is 2.45 bits per heavy atom. The third-order valence-corrected chi connectivity index (χ3v) is 3.95. The molecule has 1 amide bonds. The van der Waals surface area contributed by atoms with E-state index in [0.717, 1.165) is 19.5 Å². The molecule has 20 heavy (non-hydrogen) atoms. The average Bonchev–Trinajstić information content (AvgIpc) is 2.92. The van der Waals surface area contributed by atoms with E-state index in [-0.39, 0.29) is 30.3 Å². The number of benzene rings is 1. The van der Waals surface area contributed by atoms with Gasteiger partial charge in [-0.15, -0.1) is 12.4 Å². The molecule has 0 bridgehead atoms. The second kappa shape index (κ2) is 7.65. The zero-order chi connectivity index (χ0) is 13.8. The van der Waals surface area contributed by atoms with Crippen molar-refractivity contribution in [2.75, 3.05) is 20.1 Å². The highest BCUT2D eigenvalue weighted by atomic mass is 35.5. The summed E-state index contributed by atoms with van der Waals surface area (Å²) in [5.74, 6) is 0.827. The van der Waals surface area contributed by atoms with Gasteiger partial charge in [-0.1, -0.05) is 44.2 Å². The van der Waals surface area contributed by atoms with Gasteiger partial charge in [0.05, 0.1) is 12.0 Å². The van der Waals surface area contributed by atoms with E-state index in [4.69, 9.17) is 0 Å². The largest absolute Gasteiger partial charge is 0.338 e. The summed E-state index contributed by atoms with van der Waals surface area (Å²) in [7, 11) is 1.94.